The van der Waals surface area contributed by atoms with Crippen LogP contribution < -0.4 is 31.8 Å². The van der Waals surface area contributed by atoms with Crippen LogP contribution in [-0.2, 0) is 44.8 Å². The van der Waals surface area contributed by atoms with E-state index < -0.39 is 15.8 Å². The van der Waals surface area contributed by atoms with E-state index in [-0.39, 0.29) is 44.8 Å². The van der Waals surface area contributed by atoms with Crippen LogP contribution in [0.1, 0.15) is 11.1 Å². The van der Waals surface area contributed by atoms with Gasteiger partial charge in [0.15, 0.2) is 0 Å². The summed E-state index contributed by atoms with van der Waals surface area (Å²) in [7, 11) is -2.28. The Bertz CT molecular complexity index is 3780. The van der Waals surface area contributed by atoms with Gasteiger partial charge in [-0.1, -0.05) is 194 Å². The van der Waals surface area contributed by atoms with Crippen LogP contribution in [0.4, 0.5) is 0 Å². The van der Waals surface area contributed by atoms with Gasteiger partial charge in [-0.05, 0) is 125 Å². The summed E-state index contributed by atoms with van der Waals surface area (Å²) in [6.07, 6.45) is 14.6. The molecule has 0 unspecified atom stereocenters. The van der Waals surface area contributed by atoms with Crippen molar-refractivity contribution >= 4 is 112 Å². The first-order valence-electron chi connectivity index (χ1n) is 24.2. The first-order chi connectivity index (χ1) is 35.6. The van der Waals surface area contributed by atoms with Crippen LogP contribution in [0.15, 0.2) is 279 Å². The number of benzene rings is 13. The van der Waals surface area contributed by atoms with E-state index in [0.717, 1.165) is 11.1 Å². The van der Waals surface area contributed by atoms with Crippen LogP contribution in [0.2, 0.25) is 0 Å². The third-order valence-corrected chi connectivity index (χ3v) is 19.3. The molecule has 13 rings (SSSR count). The molecule has 0 aromatic heterocycles. The minimum absolute atomic E-state index is 0. The number of hydrogen-bond donors (Lipinski definition) is 0. The Balaban J connectivity index is 0.000000140. The Morgan fingerprint density at radius 2 is 0.486 bits per heavy atom. The number of rotatable bonds is 6. The van der Waals surface area contributed by atoms with Gasteiger partial charge >= 0.3 is 44.8 Å². The van der Waals surface area contributed by atoms with Gasteiger partial charge in [0.2, 0.25) is 0 Å². The van der Waals surface area contributed by atoms with Gasteiger partial charge in [-0.2, -0.15) is 0 Å². The number of hydrogen-bond acceptors (Lipinski definition) is 0. The van der Waals surface area contributed by atoms with Gasteiger partial charge in [-0.25, -0.2) is 0 Å². The van der Waals surface area contributed by atoms with Crippen molar-refractivity contribution < 1.29 is 44.8 Å². The summed E-state index contributed by atoms with van der Waals surface area (Å²) in [5.41, 5.74) is 1.64. The molecule has 358 valence electrons. The molecule has 13 aromatic rings. The molecule has 0 saturated heterocycles. The zero-order chi connectivity index (χ0) is 48.6. The second-order valence-corrected chi connectivity index (χ2v) is 22.7. The Morgan fingerprint density at radius 3 is 0.811 bits per heavy atom. The van der Waals surface area contributed by atoms with Crippen molar-refractivity contribution in [3.63, 3.8) is 0 Å². The fraction of sp³-hybridized carbons (Fsp3) is 0. The quantitative estimate of drug-likeness (QED) is 0.0512. The van der Waals surface area contributed by atoms with E-state index in [1.165, 1.54) is 96.5 Å². The molecule has 0 aliphatic carbocycles. The fourth-order valence-electron chi connectivity index (χ4n) is 10.1. The Hall–Kier alpha value is -7.12. The maximum atomic E-state index is 7.31. The van der Waals surface area contributed by atoms with Gasteiger partial charge in [0.25, 0.3) is 0 Å². The molecule has 0 N–H and O–H groups in total. The van der Waals surface area contributed by atoms with Crippen LogP contribution in [0.5, 0.6) is 0 Å². The summed E-state index contributed by atoms with van der Waals surface area (Å²) in [6, 6.07) is 99.7. The molecule has 0 bridgehead atoms. The van der Waals surface area contributed by atoms with Crippen LogP contribution in [0.25, 0.3) is 64.6 Å². The largest absolute Gasteiger partial charge is 1.00 e. The molecule has 0 atom stereocenters. The minimum atomic E-state index is -1.14. The molecule has 13 aromatic carbocycles. The molecule has 4 heteroatoms. The topological polar surface area (TPSA) is 0 Å². The first-order valence-corrected chi connectivity index (χ1v) is 27.2. The maximum Gasteiger partial charge on any atom is 1.00 e. The van der Waals surface area contributed by atoms with Crippen molar-refractivity contribution in [2.24, 2.45) is 0 Å². The van der Waals surface area contributed by atoms with Crippen molar-refractivity contribution in [2.45, 2.75) is 0 Å². The van der Waals surface area contributed by atoms with E-state index in [1.807, 2.05) is 24.3 Å². The van der Waals surface area contributed by atoms with Gasteiger partial charge in [0.1, 0.15) is 47.7 Å². The van der Waals surface area contributed by atoms with Crippen molar-refractivity contribution in [3.8, 4) is 11.8 Å². The average molecular weight is 1350 g/mol. The van der Waals surface area contributed by atoms with Crippen LogP contribution in [-0.4, -0.2) is 0 Å². The van der Waals surface area contributed by atoms with E-state index in [4.69, 9.17) is 12.8 Å². The van der Waals surface area contributed by atoms with Gasteiger partial charge in [0.05, 0.1) is 0 Å². The molecule has 74 heavy (non-hydrogen) atoms. The molecule has 0 heterocycles. The maximum absolute atomic E-state index is 7.31. The van der Waals surface area contributed by atoms with Gasteiger partial charge in [0, 0.05) is 0 Å². The van der Waals surface area contributed by atoms with Gasteiger partial charge in [-0.15, -0.1) is 35.4 Å². The van der Waals surface area contributed by atoms with Crippen molar-refractivity contribution in [2.75, 3.05) is 0 Å². The third kappa shape index (κ3) is 10.9. The number of fused-ring (bicyclic) bond motifs is 10. The molecule has 0 aliphatic rings. The predicted molar refractivity (Wildman–Crippen MR) is 317 cm³/mol. The summed E-state index contributed by atoms with van der Waals surface area (Å²) in [5.74, 6) is 4.94. The summed E-state index contributed by atoms with van der Waals surface area (Å²) < 4.78 is 0. The predicted octanol–water partition coefficient (Wildman–Crippen LogP) is 14.8. The molecule has 0 fully saturated rings. The standard InChI is InChI=1S/C30H24P2.2C20H11.2Au/c1-5-15-25(16-6-1)31(26-17-7-2-8-18-26)29-23-13-14-24-30(29)32(27-19-9-3-10-20-27)28-21-11-4-12-22-28;2*1-2-14-7-8-16-10-11-18-17-6-4-3-5-15(17)9-12-19(18)20(16)13-14;;/h1-24H;2*3-13H;;/q;2*-1;2*+1/p+2. The van der Waals surface area contributed by atoms with Crippen LogP contribution in [0.3, 0.4) is 0 Å². The van der Waals surface area contributed by atoms with Crippen molar-refractivity contribution in [1.82, 2.24) is 0 Å². The first kappa shape index (κ1) is 51.8. The van der Waals surface area contributed by atoms with Gasteiger partial charge in [-0.3, -0.25) is 11.8 Å². The van der Waals surface area contributed by atoms with E-state index in [9.17, 15) is 0 Å². The molecule has 0 aliphatic heterocycles. The Morgan fingerprint density at radius 1 is 0.230 bits per heavy atom. The Labute approximate surface area is 468 Å². The molecule has 0 saturated carbocycles. The summed E-state index contributed by atoms with van der Waals surface area (Å²) >= 11 is 0. The molecule has 0 spiro atoms. The smallest absolute Gasteiger partial charge is 0.366 e. The molecular formula is C70H48Au2P2+2. The second-order valence-electron chi connectivity index (χ2n) is 17.8. The van der Waals surface area contributed by atoms with Crippen molar-refractivity contribution in [3.05, 3.63) is 303 Å². The summed E-state index contributed by atoms with van der Waals surface area (Å²) in [6.45, 7) is 0. The molecular weight excluding hydrogens is 1300 g/mol. The monoisotopic (exact) mass is 1340 g/mol. The normalized spacial score (nSPS) is 10.7. The molecule has 0 nitrogen and oxygen atoms in total. The van der Waals surface area contributed by atoms with Gasteiger partial charge < -0.3 is 12.8 Å². The van der Waals surface area contributed by atoms with Crippen molar-refractivity contribution in [1.29, 1.82) is 0 Å². The van der Waals surface area contributed by atoms with E-state index in [1.54, 1.807) is 0 Å². The zero-order valence-corrected chi connectivity index (χ0v) is 46.5. The SMILES string of the molecule is [Au+].[Au+].[C-]#Cc1ccc2ccc3c4ccccc4ccc3c2c1.[C-]#Cc1ccc2ccc3c4ccccc4ccc3c2c1.c1ccc([PH+](c2ccccc2)c2ccccc2[PH+](c2ccccc2)c2ccccc2)cc1. The molecule has 0 radical (unpaired) electrons. The van der Waals surface area contributed by atoms with Crippen LogP contribution >= 0.6 is 15.8 Å². The fourth-order valence-corrected chi connectivity index (χ4v) is 16.1. The summed E-state index contributed by atoms with van der Waals surface area (Å²) in [5, 5.41) is 23.5. The molecule has 0 amide bonds. The summed E-state index contributed by atoms with van der Waals surface area (Å²) in [4.78, 5) is 0. The Kier molecular flexibility index (Phi) is 17.0. The van der Waals surface area contributed by atoms with E-state index in [2.05, 4.69) is 267 Å². The minimum Gasteiger partial charge on any atom is -0.366 e. The second kappa shape index (κ2) is 24.3. The van der Waals surface area contributed by atoms with Crippen LogP contribution in [0, 0.1) is 24.7 Å². The van der Waals surface area contributed by atoms with E-state index in [0.29, 0.717) is 0 Å². The van der Waals surface area contributed by atoms with E-state index >= 15 is 0 Å². The zero-order valence-electron chi connectivity index (χ0n) is 40.2. The average Bonchev–Trinajstić information content (AvgIpc) is 3.47. The third-order valence-electron chi connectivity index (χ3n) is 13.5.